The maximum Gasteiger partial charge on any atom is 0.244 e. The number of anilines is 1. The lowest BCUT2D eigenvalue weighted by Crippen LogP contribution is -2.52. The van der Waals surface area contributed by atoms with E-state index in [4.69, 9.17) is 11.6 Å². The van der Waals surface area contributed by atoms with E-state index in [2.05, 4.69) is 5.32 Å². The molecule has 0 spiro atoms. The molecule has 0 unspecified atom stereocenters. The number of benzene rings is 2. The third kappa shape index (κ3) is 7.20. The molecule has 0 radical (unpaired) electrons. The van der Waals surface area contributed by atoms with Gasteiger partial charge in [-0.2, -0.15) is 0 Å². The molecule has 0 aromatic heterocycles. The van der Waals surface area contributed by atoms with Gasteiger partial charge in [-0.1, -0.05) is 54.9 Å². The Bertz CT molecular complexity index is 1090. The average molecular weight is 494 g/mol. The Morgan fingerprint density at radius 3 is 2.24 bits per heavy atom. The van der Waals surface area contributed by atoms with Crippen molar-refractivity contribution in [2.75, 3.05) is 17.1 Å². The second-order valence-electron chi connectivity index (χ2n) is 8.16. The fourth-order valence-corrected chi connectivity index (χ4v) is 4.40. The topological polar surface area (TPSA) is 86.8 Å². The second kappa shape index (κ2) is 11.5. The molecule has 0 bridgehead atoms. The fourth-order valence-electron chi connectivity index (χ4n) is 3.30. The highest BCUT2D eigenvalue weighted by molar-refractivity contribution is 7.92. The van der Waals surface area contributed by atoms with Crippen LogP contribution in [0.3, 0.4) is 0 Å². The van der Waals surface area contributed by atoms with E-state index in [1.807, 2.05) is 13.8 Å². The van der Waals surface area contributed by atoms with E-state index in [0.717, 1.165) is 22.5 Å². The first-order chi connectivity index (χ1) is 15.5. The number of aryl methyl sites for hydroxylation is 1. The summed E-state index contributed by atoms with van der Waals surface area (Å²) in [6.45, 7) is 6.88. The van der Waals surface area contributed by atoms with Gasteiger partial charge in [0.05, 0.1) is 11.9 Å². The van der Waals surface area contributed by atoms with Crippen molar-refractivity contribution >= 4 is 39.1 Å². The van der Waals surface area contributed by atoms with Gasteiger partial charge < -0.3 is 10.2 Å². The Morgan fingerprint density at radius 1 is 1.06 bits per heavy atom. The number of halogens is 1. The van der Waals surface area contributed by atoms with Crippen molar-refractivity contribution in [2.45, 2.75) is 52.7 Å². The van der Waals surface area contributed by atoms with E-state index in [0.29, 0.717) is 16.3 Å². The molecule has 2 amide bonds. The zero-order valence-corrected chi connectivity index (χ0v) is 21.3. The van der Waals surface area contributed by atoms with E-state index in [9.17, 15) is 18.0 Å². The predicted octanol–water partition coefficient (Wildman–Crippen LogP) is 3.75. The summed E-state index contributed by atoms with van der Waals surface area (Å²) in [5.74, 6) is -0.818. The quantitative estimate of drug-likeness (QED) is 0.546. The third-order valence-electron chi connectivity index (χ3n) is 5.53. The molecule has 7 nitrogen and oxygen atoms in total. The molecule has 2 rings (SSSR count). The smallest absolute Gasteiger partial charge is 0.244 e. The highest BCUT2D eigenvalue weighted by Gasteiger charge is 2.31. The summed E-state index contributed by atoms with van der Waals surface area (Å²) in [7, 11) is -3.76. The Labute approximate surface area is 201 Å². The van der Waals surface area contributed by atoms with Crippen LogP contribution >= 0.6 is 11.6 Å². The Balaban J connectivity index is 2.41. The Hall–Kier alpha value is -2.58. The van der Waals surface area contributed by atoms with Gasteiger partial charge in [-0.05, 0) is 50.5 Å². The molecule has 0 heterocycles. The van der Waals surface area contributed by atoms with Gasteiger partial charge in [0.2, 0.25) is 21.8 Å². The largest absolute Gasteiger partial charge is 0.352 e. The molecule has 0 aliphatic rings. The number of nitrogens with zero attached hydrogens (tertiary/aromatic N) is 2. The molecule has 0 saturated carbocycles. The van der Waals surface area contributed by atoms with Crippen molar-refractivity contribution in [1.82, 2.24) is 10.2 Å². The third-order valence-corrected chi connectivity index (χ3v) is 7.03. The first kappa shape index (κ1) is 26.7. The van der Waals surface area contributed by atoms with Gasteiger partial charge in [0.1, 0.15) is 12.6 Å². The molecular formula is C24H32ClN3O4S. The number of carbonyl (C=O) groups is 2. The van der Waals surface area contributed by atoms with E-state index in [-0.39, 0.29) is 18.5 Å². The lowest BCUT2D eigenvalue weighted by atomic mass is 10.1. The van der Waals surface area contributed by atoms with Gasteiger partial charge in [-0.25, -0.2) is 8.42 Å². The SMILES string of the molecule is CC[C@@H](C)NC(=O)[C@@H](C)N(Cc1ccccc1Cl)C(=O)CN(c1ccccc1C)S(C)(=O)=O. The molecule has 180 valence electrons. The number of rotatable bonds is 10. The van der Waals surface area contributed by atoms with Crippen LogP contribution < -0.4 is 9.62 Å². The van der Waals surface area contributed by atoms with Gasteiger partial charge in [-0.3, -0.25) is 13.9 Å². The molecule has 1 N–H and O–H groups in total. The number of carbonyl (C=O) groups excluding carboxylic acids is 2. The molecule has 0 saturated heterocycles. The van der Waals surface area contributed by atoms with Crippen LogP contribution in [0, 0.1) is 6.92 Å². The van der Waals surface area contributed by atoms with Crippen LogP contribution in [0.1, 0.15) is 38.3 Å². The summed E-state index contributed by atoms with van der Waals surface area (Å²) in [5, 5.41) is 3.35. The zero-order chi connectivity index (χ0) is 24.8. The van der Waals surface area contributed by atoms with Crippen LogP contribution in [0.4, 0.5) is 5.69 Å². The van der Waals surface area contributed by atoms with E-state index in [1.54, 1.807) is 62.4 Å². The summed E-state index contributed by atoms with van der Waals surface area (Å²) in [4.78, 5) is 27.7. The molecule has 2 atom stereocenters. The van der Waals surface area contributed by atoms with Crippen LogP contribution in [0.15, 0.2) is 48.5 Å². The first-order valence-corrected chi connectivity index (χ1v) is 13.0. The number of hydrogen-bond donors (Lipinski definition) is 1. The van der Waals surface area contributed by atoms with Crippen molar-refractivity contribution in [1.29, 1.82) is 0 Å². The molecule has 0 aliphatic carbocycles. The maximum absolute atomic E-state index is 13.5. The summed E-state index contributed by atoms with van der Waals surface area (Å²) in [6, 6.07) is 13.1. The Kier molecular flexibility index (Phi) is 9.31. The van der Waals surface area contributed by atoms with Crippen LogP contribution in [0.25, 0.3) is 0 Å². The summed E-state index contributed by atoms with van der Waals surface area (Å²) >= 11 is 6.31. The number of para-hydroxylation sites is 1. The molecule has 33 heavy (non-hydrogen) atoms. The standard InChI is InChI=1S/C24H32ClN3O4S/c1-6-18(3)26-24(30)19(4)27(15-20-12-8-9-13-21(20)25)23(29)16-28(33(5,31)32)22-14-10-7-11-17(22)2/h7-14,18-19H,6,15-16H2,1-5H3,(H,26,30)/t18-,19-/m1/s1. The maximum atomic E-state index is 13.5. The lowest BCUT2D eigenvalue weighted by molar-refractivity contribution is -0.139. The van der Waals surface area contributed by atoms with Crippen molar-refractivity contribution in [3.63, 3.8) is 0 Å². The van der Waals surface area contributed by atoms with Gasteiger partial charge in [0.25, 0.3) is 0 Å². The summed E-state index contributed by atoms with van der Waals surface area (Å²) < 4.78 is 26.3. The van der Waals surface area contributed by atoms with Crippen molar-refractivity contribution in [3.05, 3.63) is 64.7 Å². The minimum Gasteiger partial charge on any atom is -0.352 e. The van der Waals surface area contributed by atoms with Crippen LogP contribution in [0.5, 0.6) is 0 Å². The average Bonchev–Trinajstić information content (AvgIpc) is 2.76. The number of amides is 2. The highest BCUT2D eigenvalue weighted by Crippen LogP contribution is 2.24. The molecule has 9 heteroatoms. The normalized spacial score (nSPS) is 13.2. The van der Waals surface area contributed by atoms with Crippen LogP contribution in [0.2, 0.25) is 5.02 Å². The highest BCUT2D eigenvalue weighted by atomic mass is 35.5. The first-order valence-electron chi connectivity index (χ1n) is 10.8. The lowest BCUT2D eigenvalue weighted by Gasteiger charge is -2.32. The fraction of sp³-hybridized carbons (Fsp3) is 0.417. The Morgan fingerprint density at radius 2 is 1.67 bits per heavy atom. The van der Waals surface area contributed by atoms with E-state index in [1.165, 1.54) is 4.90 Å². The molecular weight excluding hydrogens is 462 g/mol. The second-order valence-corrected chi connectivity index (χ2v) is 10.5. The molecule has 2 aromatic rings. The molecule has 0 fully saturated rings. The van der Waals surface area contributed by atoms with Crippen LogP contribution in [-0.4, -0.2) is 50.0 Å². The summed E-state index contributed by atoms with van der Waals surface area (Å²) in [5.41, 5.74) is 1.80. The van der Waals surface area contributed by atoms with Gasteiger partial charge >= 0.3 is 0 Å². The minimum atomic E-state index is -3.76. The monoisotopic (exact) mass is 493 g/mol. The number of nitrogens with one attached hydrogen (secondary N) is 1. The number of hydrogen-bond acceptors (Lipinski definition) is 4. The van der Waals surface area contributed by atoms with Crippen molar-refractivity contribution < 1.29 is 18.0 Å². The van der Waals surface area contributed by atoms with Crippen LogP contribution in [-0.2, 0) is 26.2 Å². The number of sulfonamides is 1. The predicted molar refractivity (Wildman–Crippen MR) is 133 cm³/mol. The van der Waals surface area contributed by atoms with Gasteiger partial charge in [0, 0.05) is 17.6 Å². The van der Waals surface area contributed by atoms with E-state index < -0.39 is 28.5 Å². The molecule has 2 aromatic carbocycles. The summed E-state index contributed by atoms with van der Waals surface area (Å²) in [6.07, 6.45) is 1.80. The van der Waals surface area contributed by atoms with E-state index >= 15 is 0 Å². The van der Waals surface area contributed by atoms with Gasteiger partial charge in [-0.15, -0.1) is 0 Å². The molecule has 0 aliphatic heterocycles. The minimum absolute atomic E-state index is 0.0586. The van der Waals surface area contributed by atoms with Crippen molar-refractivity contribution in [3.8, 4) is 0 Å². The van der Waals surface area contributed by atoms with Gasteiger partial charge in [0.15, 0.2) is 0 Å². The zero-order valence-electron chi connectivity index (χ0n) is 19.7. The van der Waals surface area contributed by atoms with Crippen molar-refractivity contribution in [2.24, 2.45) is 0 Å².